The van der Waals surface area contributed by atoms with Crippen molar-refractivity contribution in [2.75, 3.05) is 13.6 Å². The Morgan fingerprint density at radius 1 is 1.33 bits per heavy atom. The summed E-state index contributed by atoms with van der Waals surface area (Å²) in [5.74, 6) is 0.519. The first-order valence-corrected chi connectivity index (χ1v) is 5.64. The van der Waals surface area contributed by atoms with Crippen LogP contribution in [0.5, 0.6) is 0 Å². The Hall–Kier alpha value is -0.570. The molecule has 1 amide bonds. The number of nitrogens with two attached hydrogens (primary N) is 1. The summed E-state index contributed by atoms with van der Waals surface area (Å²) in [6.45, 7) is 11.3. The standard InChI is InChI=1S/C12H26N2O/c1-9(2)7-10(13)11(15)14(6)8-12(3,4)5/h9-10H,7-8,13H2,1-6H3. The average molecular weight is 214 g/mol. The highest BCUT2D eigenvalue weighted by atomic mass is 16.2. The Bertz CT molecular complexity index is 206. The summed E-state index contributed by atoms with van der Waals surface area (Å²) in [7, 11) is 1.83. The van der Waals surface area contributed by atoms with Crippen LogP contribution in [0, 0.1) is 11.3 Å². The van der Waals surface area contributed by atoms with Crippen LogP contribution in [0.3, 0.4) is 0 Å². The number of carbonyl (C=O) groups excluding carboxylic acids is 1. The maximum atomic E-state index is 11.9. The van der Waals surface area contributed by atoms with Gasteiger partial charge in [-0.3, -0.25) is 4.79 Å². The van der Waals surface area contributed by atoms with Crippen molar-refractivity contribution in [3.8, 4) is 0 Å². The molecular formula is C12H26N2O. The maximum absolute atomic E-state index is 11.9. The van der Waals surface area contributed by atoms with Crippen molar-refractivity contribution in [2.45, 2.75) is 47.1 Å². The molecule has 0 aromatic carbocycles. The van der Waals surface area contributed by atoms with Crippen molar-refractivity contribution in [3.63, 3.8) is 0 Å². The SMILES string of the molecule is CC(C)CC(N)C(=O)N(C)CC(C)(C)C. The van der Waals surface area contributed by atoms with Crippen LogP contribution in [0.15, 0.2) is 0 Å². The fraction of sp³-hybridized carbons (Fsp3) is 0.917. The minimum absolute atomic E-state index is 0.0543. The predicted octanol–water partition coefficient (Wildman–Crippen LogP) is 1.86. The van der Waals surface area contributed by atoms with Crippen LogP contribution in [0.1, 0.15) is 41.0 Å². The topological polar surface area (TPSA) is 46.3 Å². The number of likely N-dealkylation sites (N-methyl/N-ethyl adjacent to an activating group) is 1. The van der Waals surface area contributed by atoms with Gasteiger partial charge in [0.15, 0.2) is 0 Å². The molecule has 15 heavy (non-hydrogen) atoms. The highest BCUT2D eigenvalue weighted by Crippen LogP contribution is 2.15. The molecule has 0 bridgehead atoms. The summed E-state index contributed by atoms with van der Waals surface area (Å²) < 4.78 is 0. The van der Waals surface area contributed by atoms with E-state index < -0.39 is 0 Å². The molecule has 0 rings (SSSR count). The smallest absolute Gasteiger partial charge is 0.239 e. The number of rotatable bonds is 4. The third-order valence-corrected chi connectivity index (χ3v) is 2.13. The number of nitrogens with zero attached hydrogens (tertiary/aromatic N) is 1. The molecule has 0 radical (unpaired) electrons. The van der Waals surface area contributed by atoms with Gasteiger partial charge in [-0.05, 0) is 17.8 Å². The van der Waals surface area contributed by atoms with E-state index in [1.54, 1.807) is 4.90 Å². The molecule has 0 heterocycles. The van der Waals surface area contributed by atoms with E-state index in [4.69, 9.17) is 5.73 Å². The monoisotopic (exact) mass is 214 g/mol. The molecule has 90 valence electrons. The Morgan fingerprint density at radius 2 is 1.80 bits per heavy atom. The summed E-state index contributed by atoms with van der Waals surface area (Å²) in [6, 6.07) is -0.350. The molecule has 0 aliphatic carbocycles. The second kappa shape index (κ2) is 5.50. The Balaban J connectivity index is 4.20. The van der Waals surface area contributed by atoms with Gasteiger partial charge in [0.1, 0.15) is 0 Å². The van der Waals surface area contributed by atoms with Gasteiger partial charge >= 0.3 is 0 Å². The third kappa shape index (κ3) is 6.50. The second-order valence-corrected chi connectivity index (χ2v) is 5.99. The Morgan fingerprint density at radius 3 is 2.13 bits per heavy atom. The first kappa shape index (κ1) is 14.4. The molecule has 0 fully saturated rings. The van der Waals surface area contributed by atoms with Gasteiger partial charge in [-0.25, -0.2) is 0 Å². The molecule has 0 aliphatic rings. The van der Waals surface area contributed by atoms with Crippen molar-refractivity contribution in [1.82, 2.24) is 4.90 Å². The fourth-order valence-electron chi connectivity index (χ4n) is 1.68. The zero-order chi connectivity index (χ0) is 12.2. The van der Waals surface area contributed by atoms with Gasteiger partial charge in [0.05, 0.1) is 6.04 Å². The van der Waals surface area contributed by atoms with Gasteiger partial charge < -0.3 is 10.6 Å². The maximum Gasteiger partial charge on any atom is 0.239 e. The van der Waals surface area contributed by atoms with Gasteiger partial charge in [-0.2, -0.15) is 0 Å². The summed E-state index contributed by atoms with van der Waals surface area (Å²) in [4.78, 5) is 13.6. The number of amides is 1. The van der Waals surface area contributed by atoms with E-state index in [0.717, 1.165) is 13.0 Å². The van der Waals surface area contributed by atoms with E-state index in [1.165, 1.54) is 0 Å². The molecular weight excluding hydrogens is 188 g/mol. The van der Waals surface area contributed by atoms with E-state index in [0.29, 0.717) is 5.92 Å². The first-order chi connectivity index (χ1) is 6.63. The van der Waals surface area contributed by atoms with Crippen molar-refractivity contribution < 1.29 is 4.79 Å². The van der Waals surface area contributed by atoms with E-state index in [1.807, 2.05) is 7.05 Å². The molecule has 0 saturated heterocycles. The van der Waals surface area contributed by atoms with Crippen LogP contribution in [0.25, 0.3) is 0 Å². The fourth-order valence-corrected chi connectivity index (χ4v) is 1.68. The van der Waals surface area contributed by atoms with Gasteiger partial charge in [0, 0.05) is 13.6 Å². The number of hydrogen-bond donors (Lipinski definition) is 1. The molecule has 0 spiro atoms. The lowest BCUT2D eigenvalue weighted by molar-refractivity contribution is -0.132. The highest BCUT2D eigenvalue weighted by Gasteiger charge is 2.22. The Labute approximate surface area is 94.0 Å². The average Bonchev–Trinajstić information content (AvgIpc) is 1.98. The Kier molecular flexibility index (Phi) is 5.29. The van der Waals surface area contributed by atoms with E-state index in [2.05, 4.69) is 34.6 Å². The van der Waals surface area contributed by atoms with Crippen LogP contribution in [-0.2, 0) is 4.79 Å². The molecule has 3 nitrogen and oxygen atoms in total. The quantitative estimate of drug-likeness (QED) is 0.776. The summed E-state index contributed by atoms with van der Waals surface area (Å²) in [6.07, 6.45) is 0.757. The van der Waals surface area contributed by atoms with Crippen molar-refractivity contribution >= 4 is 5.91 Å². The van der Waals surface area contributed by atoms with Gasteiger partial charge in [-0.15, -0.1) is 0 Å². The highest BCUT2D eigenvalue weighted by molar-refractivity contribution is 5.81. The summed E-state index contributed by atoms with van der Waals surface area (Å²) in [5.41, 5.74) is 5.97. The molecule has 0 aromatic heterocycles. The zero-order valence-corrected chi connectivity index (χ0v) is 11.0. The van der Waals surface area contributed by atoms with Crippen molar-refractivity contribution in [1.29, 1.82) is 0 Å². The van der Waals surface area contributed by atoms with Gasteiger partial charge in [0.2, 0.25) is 5.91 Å². The lowest BCUT2D eigenvalue weighted by Gasteiger charge is -2.29. The molecule has 1 unspecified atom stereocenters. The van der Waals surface area contributed by atoms with Crippen LogP contribution in [-0.4, -0.2) is 30.4 Å². The van der Waals surface area contributed by atoms with Crippen molar-refractivity contribution in [2.24, 2.45) is 17.1 Å². The number of carbonyl (C=O) groups is 1. The lowest BCUT2D eigenvalue weighted by Crippen LogP contribution is -2.45. The van der Waals surface area contributed by atoms with Crippen LogP contribution in [0.2, 0.25) is 0 Å². The summed E-state index contributed by atoms with van der Waals surface area (Å²) >= 11 is 0. The lowest BCUT2D eigenvalue weighted by atomic mass is 9.95. The van der Waals surface area contributed by atoms with Crippen molar-refractivity contribution in [3.05, 3.63) is 0 Å². The van der Waals surface area contributed by atoms with Gasteiger partial charge in [0.25, 0.3) is 0 Å². The molecule has 1 atom stereocenters. The summed E-state index contributed by atoms with van der Waals surface area (Å²) in [5, 5.41) is 0. The minimum Gasteiger partial charge on any atom is -0.344 e. The normalized spacial score (nSPS) is 14.1. The minimum atomic E-state index is -0.350. The van der Waals surface area contributed by atoms with Crippen LogP contribution in [0.4, 0.5) is 0 Å². The largest absolute Gasteiger partial charge is 0.344 e. The van der Waals surface area contributed by atoms with E-state index in [-0.39, 0.29) is 17.4 Å². The van der Waals surface area contributed by atoms with Gasteiger partial charge in [-0.1, -0.05) is 34.6 Å². The molecule has 0 aliphatic heterocycles. The molecule has 3 heteroatoms. The van der Waals surface area contributed by atoms with E-state index in [9.17, 15) is 4.79 Å². The second-order valence-electron chi connectivity index (χ2n) is 5.99. The molecule has 0 saturated carbocycles. The molecule has 2 N–H and O–H groups in total. The molecule has 0 aromatic rings. The third-order valence-electron chi connectivity index (χ3n) is 2.13. The predicted molar refractivity (Wildman–Crippen MR) is 64.5 cm³/mol. The van der Waals surface area contributed by atoms with Crippen LogP contribution >= 0.6 is 0 Å². The number of hydrogen-bond acceptors (Lipinski definition) is 2. The zero-order valence-electron chi connectivity index (χ0n) is 11.0. The first-order valence-electron chi connectivity index (χ1n) is 5.64. The van der Waals surface area contributed by atoms with Crippen LogP contribution < -0.4 is 5.73 Å². The van der Waals surface area contributed by atoms with E-state index >= 15 is 0 Å².